The molecular formula is C16H22N6O3. The molecule has 2 aromatic heterocycles. The lowest BCUT2D eigenvalue weighted by molar-refractivity contribution is 0.0483. The van der Waals surface area contributed by atoms with Crippen LogP contribution in [0.2, 0.25) is 0 Å². The van der Waals surface area contributed by atoms with Gasteiger partial charge >= 0.3 is 0 Å². The molecule has 1 saturated heterocycles. The number of hydrogen-bond acceptors (Lipinski definition) is 7. The summed E-state index contributed by atoms with van der Waals surface area (Å²) in [5.74, 6) is 2.27. The molecule has 134 valence electrons. The monoisotopic (exact) mass is 346 g/mol. The third kappa shape index (κ3) is 2.99. The van der Waals surface area contributed by atoms with E-state index in [0.717, 1.165) is 25.2 Å². The number of piperazine rings is 1. The van der Waals surface area contributed by atoms with Crippen LogP contribution in [0.5, 0.6) is 5.88 Å². The predicted molar refractivity (Wildman–Crippen MR) is 87.3 cm³/mol. The minimum Gasteiger partial charge on any atom is -0.481 e. The van der Waals surface area contributed by atoms with Crippen LogP contribution in [0.4, 0.5) is 0 Å². The molecule has 4 rings (SSSR count). The van der Waals surface area contributed by atoms with Crippen molar-refractivity contribution in [3.63, 3.8) is 0 Å². The lowest BCUT2D eigenvalue weighted by Crippen LogP contribution is -2.49. The van der Waals surface area contributed by atoms with Crippen molar-refractivity contribution in [3.8, 4) is 5.88 Å². The number of aryl methyl sites for hydroxylation is 1. The van der Waals surface area contributed by atoms with Crippen molar-refractivity contribution in [1.29, 1.82) is 0 Å². The number of ether oxygens (including phenoxy) is 1. The van der Waals surface area contributed by atoms with Crippen molar-refractivity contribution in [2.24, 2.45) is 7.05 Å². The highest BCUT2D eigenvalue weighted by Crippen LogP contribution is 2.38. The van der Waals surface area contributed by atoms with Gasteiger partial charge in [0.1, 0.15) is 6.04 Å². The molecule has 2 aromatic rings. The van der Waals surface area contributed by atoms with Crippen LogP contribution in [0.1, 0.15) is 47.0 Å². The molecule has 2 fully saturated rings. The highest BCUT2D eigenvalue weighted by Gasteiger charge is 2.35. The zero-order valence-electron chi connectivity index (χ0n) is 14.7. The first kappa shape index (κ1) is 16.1. The van der Waals surface area contributed by atoms with Crippen LogP contribution >= 0.6 is 0 Å². The zero-order valence-corrected chi connectivity index (χ0v) is 14.7. The minimum atomic E-state index is -0.112. The van der Waals surface area contributed by atoms with E-state index in [9.17, 15) is 4.79 Å². The van der Waals surface area contributed by atoms with Crippen molar-refractivity contribution in [1.82, 2.24) is 29.7 Å². The Morgan fingerprint density at radius 1 is 1.32 bits per heavy atom. The number of amides is 1. The molecule has 1 atom stereocenters. The maximum atomic E-state index is 12.8. The molecule has 2 aliphatic rings. The van der Waals surface area contributed by atoms with Gasteiger partial charge in [0.25, 0.3) is 5.91 Å². The SMILES string of the molecule is COc1cc(C(=O)N2CCN(C)C(c3nc(C4CC4)no3)C2)nn1C. The number of aromatic nitrogens is 4. The van der Waals surface area contributed by atoms with Gasteiger partial charge in [-0.2, -0.15) is 10.1 Å². The van der Waals surface area contributed by atoms with Crippen molar-refractivity contribution in [2.75, 3.05) is 33.8 Å². The fourth-order valence-corrected chi connectivity index (χ4v) is 3.12. The molecule has 0 bridgehead atoms. The van der Waals surface area contributed by atoms with Crippen molar-refractivity contribution in [3.05, 3.63) is 23.5 Å². The fraction of sp³-hybridized carbons (Fsp3) is 0.625. The molecule has 9 heteroatoms. The van der Waals surface area contributed by atoms with E-state index >= 15 is 0 Å². The quantitative estimate of drug-likeness (QED) is 0.809. The van der Waals surface area contributed by atoms with E-state index in [1.807, 2.05) is 7.05 Å². The van der Waals surface area contributed by atoms with Gasteiger partial charge in [0.05, 0.1) is 7.11 Å². The van der Waals surface area contributed by atoms with E-state index in [1.165, 1.54) is 0 Å². The lowest BCUT2D eigenvalue weighted by Gasteiger charge is -2.37. The van der Waals surface area contributed by atoms with Gasteiger partial charge in [-0.25, -0.2) is 4.68 Å². The molecule has 1 aliphatic carbocycles. The summed E-state index contributed by atoms with van der Waals surface area (Å²) in [5.41, 5.74) is 0.381. The van der Waals surface area contributed by atoms with Gasteiger partial charge in [0.15, 0.2) is 11.5 Å². The van der Waals surface area contributed by atoms with Crippen molar-refractivity contribution in [2.45, 2.75) is 24.8 Å². The number of rotatable bonds is 4. The van der Waals surface area contributed by atoms with E-state index in [2.05, 4.69) is 20.1 Å². The Hall–Kier alpha value is -2.42. The van der Waals surface area contributed by atoms with Crippen molar-refractivity contribution < 1.29 is 14.1 Å². The number of carbonyl (C=O) groups is 1. The third-order valence-electron chi connectivity index (χ3n) is 4.89. The summed E-state index contributed by atoms with van der Waals surface area (Å²) >= 11 is 0. The average molecular weight is 346 g/mol. The molecule has 1 aliphatic heterocycles. The maximum Gasteiger partial charge on any atom is 0.274 e. The van der Waals surface area contributed by atoms with Crippen LogP contribution in [0.3, 0.4) is 0 Å². The van der Waals surface area contributed by atoms with Crippen LogP contribution in [0, 0.1) is 0 Å². The first-order valence-electron chi connectivity index (χ1n) is 8.48. The summed E-state index contributed by atoms with van der Waals surface area (Å²) < 4.78 is 12.2. The molecule has 1 unspecified atom stereocenters. The second-order valence-electron chi connectivity index (χ2n) is 6.71. The van der Waals surface area contributed by atoms with E-state index in [4.69, 9.17) is 9.26 Å². The van der Waals surface area contributed by atoms with Crippen molar-refractivity contribution >= 4 is 5.91 Å². The topological polar surface area (TPSA) is 89.5 Å². The fourth-order valence-electron chi connectivity index (χ4n) is 3.12. The number of likely N-dealkylation sites (N-methyl/N-ethyl adjacent to an activating group) is 1. The molecule has 3 heterocycles. The Balaban J connectivity index is 1.51. The van der Waals surface area contributed by atoms with Crippen LogP contribution in [-0.2, 0) is 7.05 Å². The van der Waals surface area contributed by atoms with Gasteiger partial charge < -0.3 is 14.2 Å². The molecule has 9 nitrogen and oxygen atoms in total. The van der Waals surface area contributed by atoms with Gasteiger partial charge in [0.2, 0.25) is 11.8 Å². The zero-order chi connectivity index (χ0) is 17.6. The van der Waals surface area contributed by atoms with Gasteiger partial charge in [-0.3, -0.25) is 9.69 Å². The molecule has 0 N–H and O–H groups in total. The summed E-state index contributed by atoms with van der Waals surface area (Å²) in [5, 5.41) is 8.34. The second-order valence-corrected chi connectivity index (χ2v) is 6.71. The lowest BCUT2D eigenvalue weighted by atomic mass is 10.1. The Bertz CT molecular complexity index is 781. The van der Waals surface area contributed by atoms with E-state index in [1.54, 1.807) is 29.8 Å². The van der Waals surface area contributed by atoms with Crippen LogP contribution in [0.15, 0.2) is 10.6 Å². The Morgan fingerprint density at radius 2 is 2.12 bits per heavy atom. The number of nitrogens with zero attached hydrogens (tertiary/aromatic N) is 6. The Morgan fingerprint density at radius 3 is 2.80 bits per heavy atom. The minimum absolute atomic E-state index is 0.0942. The van der Waals surface area contributed by atoms with Crippen LogP contribution < -0.4 is 4.74 Å². The molecule has 25 heavy (non-hydrogen) atoms. The summed E-state index contributed by atoms with van der Waals surface area (Å²) in [6, 6.07) is 1.57. The molecule has 1 saturated carbocycles. The van der Waals surface area contributed by atoms with Crippen LogP contribution in [-0.4, -0.2) is 69.4 Å². The normalized spacial score (nSPS) is 21.6. The Kier molecular flexibility index (Phi) is 3.95. The molecule has 0 radical (unpaired) electrons. The largest absolute Gasteiger partial charge is 0.481 e. The van der Waals surface area contributed by atoms with Gasteiger partial charge in [-0.05, 0) is 19.9 Å². The summed E-state index contributed by atoms with van der Waals surface area (Å²) in [7, 11) is 5.32. The van der Waals surface area contributed by atoms with Gasteiger partial charge in [-0.15, -0.1) is 0 Å². The standard InChI is InChI=1S/C16H22N6O3/c1-20-6-7-22(16(23)11-8-13(24-3)21(2)18-11)9-12(20)15-17-14(19-25-15)10-4-5-10/h8,10,12H,4-7,9H2,1-3H3. The predicted octanol–water partition coefficient (Wildman–Crippen LogP) is 0.818. The Labute approximate surface area is 145 Å². The van der Waals surface area contributed by atoms with E-state index < -0.39 is 0 Å². The smallest absolute Gasteiger partial charge is 0.274 e. The van der Waals surface area contributed by atoms with E-state index in [0.29, 0.717) is 36.5 Å². The summed E-state index contributed by atoms with van der Waals surface area (Å²) in [6.07, 6.45) is 2.26. The molecule has 0 aromatic carbocycles. The average Bonchev–Trinajstić information content (AvgIpc) is 3.22. The highest BCUT2D eigenvalue weighted by atomic mass is 16.5. The summed E-state index contributed by atoms with van der Waals surface area (Å²) in [4.78, 5) is 21.3. The first-order valence-corrected chi connectivity index (χ1v) is 8.48. The highest BCUT2D eigenvalue weighted by molar-refractivity contribution is 5.92. The number of methoxy groups -OCH3 is 1. The van der Waals surface area contributed by atoms with Crippen LogP contribution in [0.25, 0.3) is 0 Å². The molecule has 1 amide bonds. The number of hydrogen-bond donors (Lipinski definition) is 0. The second kappa shape index (κ2) is 6.14. The van der Waals surface area contributed by atoms with Gasteiger partial charge in [0, 0.05) is 38.7 Å². The number of carbonyl (C=O) groups excluding carboxylic acids is 1. The molecular weight excluding hydrogens is 324 g/mol. The summed E-state index contributed by atoms with van der Waals surface area (Å²) in [6.45, 7) is 1.87. The first-order chi connectivity index (χ1) is 12.1. The van der Waals surface area contributed by atoms with E-state index in [-0.39, 0.29) is 11.9 Å². The maximum absolute atomic E-state index is 12.8. The van der Waals surface area contributed by atoms with Gasteiger partial charge in [-0.1, -0.05) is 5.16 Å². The molecule has 0 spiro atoms. The third-order valence-corrected chi connectivity index (χ3v) is 4.89.